The molecule has 0 radical (unpaired) electrons. The van der Waals surface area contributed by atoms with Crippen molar-refractivity contribution in [2.24, 2.45) is 0 Å². The number of methoxy groups -OCH3 is 1. The highest BCUT2D eigenvalue weighted by atomic mass is 32.1. The fourth-order valence-electron chi connectivity index (χ4n) is 4.91. The van der Waals surface area contributed by atoms with Gasteiger partial charge in [-0.3, -0.25) is 9.69 Å². The summed E-state index contributed by atoms with van der Waals surface area (Å²) < 4.78 is 5.33. The lowest BCUT2D eigenvalue weighted by molar-refractivity contribution is 0.0139. The Kier molecular flexibility index (Phi) is 6.94. The van der Waals surface area contributed by atoms with Gasteiger partial charge in [-0.25, -0.2) is 4.98 Å². The molecule has 1 N–H and O–H groups in total. The van der Waals surface area contributed by atoms with Crippen molar-refractivity contribution in [1.82, 2.24) is 20.1 Å². The Bertz CT molecular complexity index is 899. The van der Waals surface area contributed by atoms with E-state index in [1.54, 1.807) is 7.11 Å². The summed E-state index contributed by atoms with van der Waals surface area (Å²) in [5, 5.41) is 4.15. The van der Waals surface area contributed by atoms with E-state index in [4.69, 9.17) is 4.74 Å². The van der Waals surface area contributed by atoms with E-state index in [1.807, 2.05) is 31.2 Å². The van der Waals surface area contributed by atoms with Gasteiger partial charge in [-0.2, -0.15) is 0 Å². The number of carbonyl (C=O) groups is 1. The van der Waals surface area contributed by atoms with E-state index in [2.05, 4.69) is 27.1 Å². The third kappa shape index (κ3) is 4.94. The molecule has 7 heteroatoms. The van der Waals surface area contributed by atoms with Crippen LogP contribution in [0.5, 0.6) is 5.75 Å². The normalized spacial score (nSPS) is 19.8. The Morgan fingerprint density at radius 3 is 2.65 bits per heavy atom. The third-order valence-electron chi connectivity index (χ3n) is 6.86. The molecule has 1 aromatic carbocycles. The fraction of sp³-hybridized carbons (Fsp3) is 0.583. The van der Waals surface area contributed by atoms with Gasteiger partial charge in [0.25, 0.3) is 5.91 Å². The zero-order valence-corrected chi connectivity index (χ0v) is 19.8. The first-order chi connectivity index (χ1) is 15.0. The van der Waals surface area contributed by atoms with Crippen LogP contribution in [-0.2, 0) is 0 Å². The number of thiazole rings is 1. The van der Waals surface area contributed by atoms with Crippen LogP contribution >= 0.6 is 11.3 Å². The molecule has 1 amide bonds. The van der Waals surface area contributed by atoms with E-state index >= 15 is 0 Å². The quantitative estimate of drug-likeness (QED) is 0.737. The second-order valence-corrected chi connectivity index (χ2v) is 9.92. The molecule has 1 aliphatic heterocycles. The highest BCUT2D eigenvalue weighted by Gasteiger charge is 2.39. The third-order valence-corrected chi connectivity index (χ3v) is 8.06. The van der Waals surface area contributed by atoms with Crippen molar-refractivity contribution in [3.05, 3.63) is 34.8 Å². The summed E-state index contributed by atoms with van der Waals surface area (Å²) in [5.41, 5.74) is 1.87. The van der Waals surface area contributed by atoms with Gasteiger partial charge < -0.3 is 15.0 Å². The molecule has 1 saturated carbocycles. The lowest BCUT2D eigenvalue weighted by atomic mass is 9.79. The van der Waals surface area contributed by atoms with Crippen molar-refractivity contribution < 1.29 is 9.53 Å². The van der Waals surface area contributed by atoms with Gasteiger partial charge >= 0.3 is 0 Å². The summed E-state index contributed by atoms with van der Waals surface area (Å²) in [6, 6.07) is 7.84. The molecule has 4 rings (SSSR count). The molecule has 1 saturated heterocycles. The molecule has 168 valence electrons. The molecular weight excluding hydrogens is 408 g/mol. The zero-order chi connectivity index (χ0) is 21.8. The molecule has 2 aliphatic rings. The minimum Gasteiger partial charge on any atom is -0.497 e. The van der Waals surface area contributed by atoms with E-state index in [0.717, 1.165) is 54.7 Å². The number of carbonyl (C=O) groups excluding carboxylic acids is 1. The maximum absolute atomic E-state index is 13.2. The van der Waals surface area contributed by atoms with Gasteiger partial charge in [-0.15, -0.1) is 11.3 Å². The van der Waals surface area contributed by atoms with Gasteiger partial charge in [-0.1, -0.05) is 31.4 Å². The maximum Gasteiger partial charge on any atom is 0.263 e. The van der Waals surface area contributed by atoms with Crippen LogP contribution in [0, 0.1) is 6.92 Å². The molecule has 0 bridgehead atoms. The predicted octanol–water partition coefficient (Wildman–Crippen LogP) is 3.81. The Balaban J connectivity index is 1.47. The summed E-state index contributed by atoms with van der Waals surface area (Å²) in [4.78, 5) is 23.6. The van der Waals surface area contributed by atoms with Crippen LogP contribution < -0.4 is 10.1 Å². The van der Waals surface area contributed by atoms with Crippen LogP contribution in [0.15, 0.2) is 24.3 Å². The second kappa shape index (κ2) is 9.67. The number of nitrogens with zero attached hydrogens (tertiary/aromatic N) is 3. The number of piperazine rings is 1. The highest BCUT2D eigenvalue weighted by molar-refractivity contribution is 7.17. The summed E-state index contributed by atoms with van der Waals surface area (Å²) in [5.74, 6) is 0.797. The molecule has 1 aliphatic carbocycles. The molecule has 2 aromatic rings. The zero-order valence-electron chi connectivity index (χ0n) is 18.9. The molecule has 6 nitrogen and oxygen atoms in total. The molecular formula is C24H34N4O2S. The minimum absolute atomic E-state index is 0.00298. The van der Waals surface area contributed by atoms with E-state index in [1.165, 1.54) is 43.4 Å². The smallest absolute Gasteiger partial charge is 0.263 e. The average molecular weight is 443 g/mol. The van der Waals surface area contributed by atoms with Crippen molar-refractivity contribution in [3.8, 4) is 16.3 Å². The van der Waals surface area contributed by atoms with E-state index < -0.39 is 0 Å². The van der Waals surface area contributed by atoms with Crippen molar-refractivity contribution >= 4 is 17.2 Å². The lowest BCUT2D eigenvalue weighted by Crippen LogP contribution is -2.61. The van der Waals surface area contributed by atoms with Crippen molar-refractivity contribution in [3.63, 3.8) is 0 Å². The monoisotopic (exact) mass is 442 g/mol. The van der Waals surface area contributed by atoms with Crippen LogP contribution in [0.2, 0.25) is 0 Å². The Morgan fingerprint density at radius 1 is 1.19 bits per heavy atom. The predicted molar refractivity (Wildman–Crippen MR) is 126 cm³/mol. The molecule has 2 fully saturated rings. The standard InChI is InChI=1S/C24H34N4O2S/c1-18-21(31-23(26-18)19-8-7-9-20(16-19)30-3)22(29)25-17-24(10-5-4-6-11-24)28-14-12-27(2)13-15-28/h7-9,16H,4-6,10-15,17H2,1-3H3,(H,25,29). The Morgan fingerprint density at radius 2 is 1.94 bits per heavy atom. The number of amides is 1. The number of rotatable bonds is 6. The van der Waals surface area contributed by atoms with Crippen molar-refractivity contribution in [1.29, 1.82) is 0 Å². The molecule has 0 unspecified atom stereocenters. The number of hydrogen-bond acceptors (Lipinski definition) is 6. The van der Waals surface area contributed by atoms with Crippen molar-refractivity contribution in [2.75, 3.05) is 46.9 Å². The van der Waals surface area contributed by atoms with Crippen molar-refractivity contribution in [2.45, 2.75) is 44.6 Å². The van der Waals surface area contributed by atoms with Gasteiger partial charge in [0.2, 0.25) is 0 Å². The highest BCUT2D eigenvalue weighted by Crippen LogP contribution is 2.35. The Labute approximate surface area is 189 Å². The summed E-state index contributed by atoms with van der Waals surface area (Å²) >= 11 is 1.46. The van der Waals surface area contributed by atoms with Gasteiger partial charge in [0.15, 0.2) is 0 Å². The minimum atomic E-state index is 0.00298. The summed E-state index contributed by atoms with van der Waals surface area (Å²) in [7, 11) is 3.85. The summed E-state index contributed by atoms with van der Waals surface area (Å²) in [6.45, 7) is 7.03. The Hall–Kier alpha value is -1.96. The van der Waals surface area contributed by atoms with Crippen LogP contribution in [-0.4, -0.2) is 73.1 Å². The van der Waals surface area contributed by atoms with Crippen LogP contribution in [0.1, 0.15) is 47.5 Å². The molecule has 31 heavy (non-hydrogen) atoms. The van der Waals surface area contributed by atoms with Gasteiger partial charge in [-0.05, 0) is 38.9 Å². The molecule has 1 aromatic heterocycles. The number of hydrogen-bond donors (Lipinski definition) is 1. The first kappa shape index (κ1) is 22.2. The number of benzene rings is 1. The number of aromatic nitrogens is 1. The van der Waals surface area contributed by atoms with Crippen LogP contribution in [0.25, 0.3) is 10.6 Å². The molecule has 0 spiro atoms. The van der Waals surface area contributed by atoms with Crippen LogP contribution in [0.4, 0.5) is 0 Å². The lowest BCUT2D eigenvalue weighted by Gasteiger charge is -2.49. The van der Waals surface area contributed by atoms with Gasteiger partial charge in [0.05, 0.1) is 12.8 Å². The van der Waals surface area contributed by atoms with E-state index in [0.29, 0.717) is 4.88 Å². The average Bonchev–Trinajstić information content (AvgIpc) is 3.20. The fourth-order valence-corrected chi connectivity index (χ4v) is 5.89. The molecule has 0 atom stereocenters. The summed E-state index contributed by atoms with van der Waals surface area (Å²) in [6.07, 6.45) is 6.16. The van der Waals surface area contributed by atoms with E-state index in [9.17, 15) is 4.79 Å². The van der Waals surface area contributed by atoms with Gasteiger partial charge in [0.1, 0.15) is 15.6 Å². The number of ether oxygens (including phenoxy) is 1. The first-order valence-corrected chi connectivity index (χ1v) is 12.2. The SMILES string of the molecule is COc1cccc(-c2nc(C)c(C(=O)NCC3(N4CCN(C)CC4)CCCCC3)s2)c1. The maximum atomic E-state index is 13.2. The second-order valence-electron chi connectivity index (χ2n) is 8.92. The number of likely N-dealkylation sites (N-methyl/N-ethyl adjacent to an activating group) is 1. The first-order valence-electron chi connectivity index (χ1n) is 11.3. The molecule has 2 heterocycles. The van der Waals surface area contributed by atoms with E-state index in [-0.39, 0.29) is 11.4 Å². The topological polar surface area (TPSA) is 57.7 Å². The number of nitrogens with one attached hydrogen (secondary N) is 1. The number of aryl methyl sites for hydroxylation is 1. The van der Waals surface area contributed by atoms with Gasteiger partial charge in [0, 0.05) is 43.8 Å². The van der Waals surface area contributed by atoms with Crippen LogP contribution in [0.3, 0.4) is 0 Å². The largest absolute Gasteiger partial charge is 0.497 e.